The Morgan fingerprint density at radius 3 is 3.09 bits per heavy atom. The molecule has 0 bridgehead atoms. The first kappa shape index (κ1) is 7.91. The van der Waals surface area contributed by atoms with Gasteiger partial charge in [-0.15, -0.1) is 0 Å². The van der Waals surface area contributed by atoms with Gasteiger partial charge in [0.05, 0.1) is 6.42 Å². The molecule has 0 saturated carbocycles. The maximum absolute atomic E-state index is 11.0. The molecule has 1 N–H and O–H groups in total. The van der Waals surface area contributed by atoms with Crippen LogP contribution in [-0.2, 0) is 11.2 Å². The van der Waals surface area contributed by atoms with Gasteiger partial charge in [-0.1, -0.05) is 6.92 Å². The lowest BCUT2D eigenvalue weighted by Gasteiger charge is -1.92. The van der Waals surface area contributed by atoms with Crippen molar-refractivity contribution < 1.29 is 4.79 Å². The van der Waals surface area contributed by atoms with Crippen LogP contribution in [0.3, 0.4) is 0 Å². The fourth-order valence-electron chi connectivity index (χ4n) is 0.870. The predicted octanol–water partition coefficient (Wildman–Crippen LogP) is 0.716. The summed E-state index contributed by atoms with van der Waals surface area (Å²) < 4.78 is 0. The van der Waals surface area contributed by atoms with Gasteiger partial charge in [-0.3, -0.25) is 9.89 Å². The van der Waals surface area contributed by atoms with E-state index in [1.54, 1.807) is 0 Å². The summed E-state index contributed by atoms with van der Waals surface area (Å²) in [4.78, 5) is 14.9. The summed E-state index contributed by atoms with van der Waals surface area (Å²) in [6, 6.07) is 0. The molecule has 0 unspecified atom stereocenters. The van der Waals surface area contributed by atoms with E-state index in [9.17, 15) is 4.79 Å². The van der Waals surface area contributed by atoms with Crippen LogP contribution in [0, 0.1) is 0 Å². The Kier molecular flexibility index (Phi) is 2.77. The zero-order valence-corrected chi connectivity index (χ0v) is 6.50. The second-order valence-corrected chi connectivity index (χ2v) is 2.40. The lowest BCUT2D eigenvalue weighted by Crippen LogP contribution is -2.03. The number of H-pyrrole nitrogens is 1. The van der Waals surface area contributed by atoms with Crippen molar-refractivity contribution in [3.63, 3.8) is 0 Å². The smallest absolute Gasteiger partial charge is 0.140 e. The summed E-state index contributed by atoms with van der Waals surface area (Å²) in [5.74, 6) is 0.868. The van der Waals surface area contributed by atoms with Crippen LogP contribution in [-0.4, -0.2) is 21.0 Å². The van der Waals surface area contributed by atoms with E-state index in [1.165, 1.54) is 6.33 Å². The largest absolute Gasteiger partial charge is 0.299 e. The van der Waals surface area contributed by atoms with Gasteiger partial charge in [0.2, 0.25) is 0 Å². The van der Waals surface area contributed by atoms with Gasteiger partial charge in [-0.2, -0.15) is 5.10 Å². The molecule has 1 heterocycles. The molecule has 0 radical (unpaired) electrons. The highest BCUT2D eigenvalue weighted by Gasteiger charge is 2.03. The lowest BCUT2D eigenvalue weighted by molar-refractivity contribution is -0.118. The summed E-state index contributed by atoms with van der Waals surface area (Å²) >= 11 is 0. The highest BCUT2D eigenvalue weighted by Crippen LogP contribution is 1.95. The fraction of sp³-hybridized carbons (Fsp3) is 0.571. The van der Waals surface area contributed by atoms with E-state index >= 15 is 0 Å². The van der Waals surface area contributed by atoms with Crippen LogP contribution < -0.4 is 0 Å². The molecule has 1 rings (SSSR count). The minimum atomic E-state index is 0.212. The first-order chi connectivity index (χ1) is 5.33. The molecule has 0 aliphatic rings. The number of rotatable bonds is 4. The van der Waals surface area contributed by atoms with Crippen LogP contribution in [0.25, 0.3) is 0 Å². The number of nitrogens with one attached hydrogen (secondary N) is 1. The van der Waals surface area contributed by atoms with Crippen molar-refractivity contribution in [2.24, 2.45) is 0 Å². The van der Waals surface area contributed by atoms with Gasteiger partial charge in [-0.05, 0) is 6.42 Å². The first-order valence-corrected chi connectivity index (χ1v) is 3.69. The summed E-state index contributed by atoms with van der Waals surface area (Å²) in [5, 5.41) is 6.29. The second kappa shape index (κ2) is 3.85. The molecular weight excluding hydrogens is 142 g/mol. The van der Waals surface area contributed by atoms with Crippen molar-refractivity contribution >= 4 is 5.78 Å². The van der Waals surface area contributed by atoms with Gasteiger partial charge in [0, 0.05) is 6.42 Å². The molecule has 0 aliphatic carbocycles. The van der Waals surface area contributed by atoms with E-state index in [0.717, 1.165) is 6.42 Å². The van der Waals surface area contributed by atoms with E-state index in [2.05, 4.69) is 15.2 Å². The number of aromatic nitrogens is 3. The van der Waals surface area contributed by atoms with E-state index < -0.39 is 0 Å². The molecule has 0 amide bonds. The fourth-order valence-corrected chi connectivity index (χ4v) is 0.870. The van der Waals surface area contributed by atoms with Gasteiger partial charge in [0.1, 0.15) is 17.9 Å². The van der Waals surface area contributed by atoms with Crippen LogP contribution in [0.5, 0.6) is 0 Å². The molecular formula is C7H11N3O. The SMILES string of the molecule is CCCC(=O)Cc1ncn[nH]1. The Morgan fingerprint density at radius 2 is 2.55 bits per heavy atom. The van der Waals surface area contributed by atoms with Crippen molar-refractivity contribution in [1.82, 2.24) is 15.2 Å². The van der Waals surface area contributed by atoms with Crippen molar-refractivity contribution in [2.45, 2.75) is 26.2 Å². The molecule has 0 atom stereocenters. The molecule has 60 valence electrons. The minimum Gasteiger partial charge on any atom is -0.299 e. The standard InChI is InChI=1S/C7H11N3O/c1-2-3-6(11)4-7-8-5-9-10-7/h5H,2-4H2,1H3,(H,8,9,10). The normalized spacial score (nSPS) is 9.91. The summed E-state index contributed by atoms with van der Waals surface area (Å²) in [7, 11) is 0. The second-order valence-electron chi connectivity index (χ2n) is 2.40. The number of hydrogen-bond acceptors (Lipinski definition) is 3. The van der Waals surface area contributed by atoms with Crippen molar-refractivity contribution in [2.75, 3.05) is 0 Å². The van der Waals surface area contributed by atoms with Crippen LogP contribution in [0.2, 0.25) is 0 Å². The van der Waals surface area contributed by atoms with Crippen LogP contribution in [0.15, 0.2) is 6.33 Å². The Bertz CT molecular complexity index is 218. The minimum absolute atomic E-state index is 0.212. The predicted molar refractivity (Wildman–Crippen MR) is 40.0 cm³/mol. The molecule has 0 fully saturated rings. The summed E-state index contributed by atoms with van der Waals surface area (Å²) in [6.45, 7) is 1.98. The number of Topliss-reactive ketones (excluding diaryl/α,β-unsaturated/α-hetero) is 1. The average molecular weight is 153 g/mol. The van der Waals surface area contributed by atoms with Crippen LogP contribution in [0.1, 0.15) is 25.6 Å². The van der Waals surface area contributed by atoms with Gasteiger partial charge >= 0.3 is 0 Å². The Hall–Kier alpha value is -1.19. The highest BCUT2D eigenvalue weighted by atomic mass is 16.1. The van der Waals surface area contributed by atoms with Gasteiger partial charge < -0.3 is 0 Å². The Balaban J connectivity index is 2.37. The molecule has 0 saturated heterocycles. The third kappa shape index (κ3) is 2.49. The molecule has 4 nitrogen and oxygen atoms in total. The molecule has 0 aromatic carbocycles. The maximum Gasteiger partial charge on any atom is 0.140 e. The van der Waals surface area contributed by atoms with E-state index in [0.29, 0.717) is 18.7 Å². The van der Waals surface area contributed by atoms with Crippen LogP contribution >= 0.6 is 0 Å². The van der Waals surface area contributed by atoms with Gasteiger partial charge in [-0.25, -0.2) is 4.98 Å². The van der Waals surface area contributed by atoms with E-state index in [-0.39, 0.29) is 5.78 Å². The first-order valence-electron chi connectivity index (χ1n) is 3.69. The molecule has 1 aromatic rings. The van der Waals surface area contributed by atoms with Crippen molar-refractivity contribution in [3.8, 4) is 0 Å². The molecule has 0 aliphatic heterocycles. The van der Waals surface area contributed by atoms with Gasteiger partial charge in [0.15, 0.2) is 0 Å². The highest BCUT2D eigenvalue weighted by molar-refractivity contribution is 5.79. The van der Waals surface area contributed by atoms with E-state index in [1.807, 2.05) is 6.92 Å². The molecule has 11 heavy (non-hydrogen) atoms. The number of hydrogen-bond donors (Lipinski definition) is 1. The van der Waals surface area contributed by atoms with E-state index in [4.69, 9.17) is 0 Å². The lowest BCUT2D eigenvalue weighted by atomic mass is 10.2. The Morgan fingerprint density at radius 1 is 1.73 bits per heavy atom. The van der Waals surface area contributed by atoms with Crippen LogP contribution in [0.4, 0.5) is 0 Å². The van der Waals surface area contributed by atoms with Crippen molar-refractivity contribution in [1.29, 1.82) is 0 Å². The summed E-state index contributed by atoms with van der Waals surface area (Å²) in [6.07, 6.45) is 3.32. The topological polar surface area (TPSA) is 58.6 Å². The average Bonchev–Trinajstić information content (AvgIpc) is 2.40. The molecule has 0 spiro atoms. The maximum atomic E-state index is 11.0. The van der Waals surface area contributed by atoms with Crippen molar-refractivity contribution in [3.05, 3.63) is 12.2 Å². The number of nitrogens with zero attached hydrogens (tertiary/aromatic N) is 2. The third-order valence-corrected chi connectivity index (χ3v) is 1.36. The zero-order valence-electron chi connectivity index (χ0n) is 6.50. The number of ketones is 1. The number of carbonyl (C=O) groups excluding carboxylic acids is 1. The molecule has 4 heteroatoms. The third-order valence-electron chi connectivity index (χ3n) is 1.36. The molecule has 1 aromatic heterocycles. The Labute approximate surface area is 65.0 Å². The number of carbonyl (C=O) groups is 1. The number of aromatic amines is 1. The van der Waals surface area contributed by atoms with Gasteiger partial charge in [0.25, 0.3) is 0 Å². The quantitative estimate of drug-likeness (QED) is 0.693. The zero-order chi connectivity index (χ0) is 8.10. The summed E-state index contributed by atoms with van der Waals surface area (Å²) in [5.41, 5.74) is 0. The monoisotopic (exact) mass is 153 g/mol.